The van der Waals surface area contributed by atoms with Crippen LogP contribution in [0.25, 0.3) is 6.08 Å². The molecule has 1 fully saturated rings. The molecule has 134 valence electrons. The lowest BCUT2D eigenvalue weighted by molar-refractivity contribution is -0.132. The van der Waals surface area contributed by atoms with Crippen molar-refractivity contribution in [1.82, 2.24) is 4.90 Å². The van der Waals surface area contributed by atoms with Gasteiger partial charge >= 0.3 is 0 Å². The molecule has 0 unspecified atom stereocenters. The summed E-state index contributed by atoms with van der Waals surface area (Å²) in [7, 11) is 0. The largest absolute Gasteiger partial charge is 0.484 e. The number of ketones is 1. The molecule has 3 rings (SSSR count). The van der Waals surface area contributed by atoms with Gasteiger partial charge in [-0.3, -0.25) is 9.59 Å². The number of allylic oxidation sites excluding steroid dienone is 1. The van der Waals surface area contributed by atoms with Crippen molar-refractivity contribution in [3.63, 3.8) is 0 Å². The van der Waals surface area contributed by atoms with Crippen LogP contribution in [0.3, 0.4) is 0 Å². The fraction of sp³-hybridized carbons (Fsp3) is 0.238. The summed E-state index contributed by atoms with van der Waals surface area (Å²) in [5, 5.41) is 0. The molecule has 0 radical (unpaired) electrons. The van der Waals surface area contributed by atoms with Crippen molar-refractivity contribution in [2.24, 2.45) is 0 Å². The van der Waals surface area contributed by atoms with E-state index in [1.807, 2.05) is 0 Å². The van der Waals surface area contributed by atoms with Crippen molar-refractivity contribution in [2.75, 3.05) is 19.7 Å². The molecule has 2 aromatic rings. The minimum Gasteiger partial charge on any atom is -0.484 e. The number of benzene rings is 2. The van der Waals surface area contributed by atoms with Crippen LogP contribution >= 0.6 is 0 Å². The molecule has 0 atom stereocenters. The fourth-order valence-electron chi connectivity index (χ4n) is 2.79. The Morgan fingerprint density at radius 1 is 1.04 bits per heavy atom. The third kappa shape index (κ3) is 4.57. The van der Waals surface area contributed by atoms with Crippen LogP contribution in [0.1, 0.15) is 28.8 Å². The Morgan fingerprint density at radius 3 is 2.42 bits per heavy atom. The van der Waals surface area contributed by atoms with Crippen LogP contribution in [0.5, 0.6) is 5.75 Å². The van der Waals surface area contributed by atoms with Crippen LogP contribution < -0.4 is 4.74 Å². The van der Waals surface area contributed by atoms with Gasteiger partial charge in [-0.15, -0.1) is 0 Å². The lowest BCUT2D eigenvalue weighted by Crippen LogP contribution is -2.32. The first-order valence-corrected chi connectivity index (χ1v) is 8.61. The first kappa shape index (κ1) is 17.9. The quantitative estimate of drug-likeness (QED) is 0.587. The molecule has 1 heterocycles. The third-order valence-corrected chi connectivity index (χ3v) is 4.28. The van der Waals surface area contributed by atoms with Crippen LogP contribution in [0.2, 0.25) is 0 Å². The van der Waals surface area contributed by atoms with Crippen LogP contribution in [-0.2, 0) is 4.79 Å². The van der Waals surface area contributed by atoms with Crippen LogP contribution in [0.15, 0.2) is 54.6 Å². The van der Waals surface area contributed by atoms with E-state index in [4.69, 9.17) is 4.74 Å². The summed E-state index contributed by atoms with van der Waals surface area (Å²) in [6, 6.07) is 12.8. The second-order valence-electron chi connectivity index (χ2n) is 6.12. The number of amides is 1. The van der Waals surface area contributed by atoms with E-state index in [9.17, 15) is 14.0 Å². The molecule has 1 saturated heterocycles. The van der Waals surface area contributed by atoms with Gasteiger partial charge in [-0.1, -0.05) is 18.2 Å². The van der Waals surface area contributed by atoms with Crippen molar-refractivity contribution in [2.45, 2.75) is 12.8 Å². The smallest absolute Gasteiger partial charge is 0.260 e. The number of halogens is 1. The maximum atomic E-state index is 13.5. The highest BCUT2D eigenvalue weighted by molar-refractivity contribution is 6.06. The summed E-state index contributed by atoms with van der Waals surface area (Å²) in [5.74, 6) is -0.0847. The van der Waals surface area contributed by atoms with E-state index in [0.29, 0.717) is 16.9 Å². The summed E-state index contributed by atoms with van der Waals surface area (Å²) >= 11 is 0. The van der Waals surface area contributed by atoms with Gasteiger partial charge in [-0.25, -0.2) is 4.39 Å². The number of carbonyl (C=O) groups excluding carboxylic acids is 2. The fourth-order valence-corrected chi connectivity index (χ4v) is 2.79. The van der Waals surface area contributed by atoms with E-state index >= 15 is 0 Å². The Labute approximate surface area is 151 Å². The highest BCUT2D eigenvalue weighted by Crippen LogP contribution is 2.15. The second kappa shape index (κ2) is 8.43. The topological polar surface area (TPSA) is 46.6 Å². The van der Waals surface area contributed by atoms with E-state index in [1.165, 1.54) is 18.2 Å². The molecule has 1 aliphatic rings. The minimum absolute atomic E-state index is 0.000476. The van der Waals surface area contributed by atoms with Gasteiger partial charge in [-0.05, 0) is 55.3 Å². The van der Waals surface area contributed by atoms with E-state index in [2.05, 4.69) is 0 Å². The summed E-state index contributed by atoms with van der Waals surface area (Å²) in [6.07, 6.45) is 4.88. The Kier molecular flexibility index (Phi) is 5.79. The Morgan fingerprint density at radius 2 is 1.73 bits per heavy atom. The Balaban J connectivity index is 1.55. The molecule has 0 saturated carbocycles. The summed E-state index contributed by atoms with van der Waals surface area (Å²) in [6.45, 7) is 1.59. The van der Waals surface area contributed by atoms with Gasteiger partial charge in [0.15, 0.2) is 12.4 Å². The number of hydrogen-bond donors (Lipinski definition) is 0. The molecule has 26 heavy (non-hydrogen) atoms. The van der Waals surface area contributed by atoms with Crippen LogP contribution in [-0.4, -0.2) is 36.3 Å². The molecule has 0 aliphatic carbocycles. The number of likely N-dealkylation sites (tertiary alicyclic amines) is 1. The first-order chi connectivity index (χ1) is 12.6. The van der Waals surface area contributed by atoms with Crippen LogP contribution in [0.4, 0.5) is 4.39 Å². The lowest BCUT2D eigenvalue weighted by atomic mass is 10.1. The van der Waals surface area contributed by atoms with Gasteiger partial charge < -0.3 is 9.64 Å². The van der Waals surface area contributed by atoms with E-state index in [-0.39, 0.29) is 24.1 Å². The highest BCUT2D eigenvalue weighted by atomic mass is 19.1. The molecule has 0 aromatic heterocycles. The number of rotatable bonds is 6. The van der Waals surface area contributed by atoms with Crippen molar-refractivity contribution in [3.05, 3.63) is 71.6 Å². The zero-order valence-electron chi connectivity index (χ0n) is 14.4. The first-order valence-electron chi connectivity index (χ1n) is 8.61. The van der Waals surface area contributed by atoms with Gasteiger partial charge in [-0.2, -0.15) is 0 Å². The predicted molar refractivity (Wildman–Crippen MR) is 97.5 cm³/mol. The lowest BCUT2D eigenvalue weighted by Gasteiger charge is -2.15. The number of nitrogens with zero attached hydrogens (tertiary/aromatic N) is 1. The maximum Gasteiger partial charge on any atom is 0.260 e. The molecule has 0 bridgehead atoms. The van der Waals surface area contributed by atoms with Gasteiger partial charge in [0.25, 0.3) is 5.91 Å². The highest BCUT2D eigenvalue weighted by Gasteiger charge is 2.18. The molecule has 0 spiro atoms. The third-order valence-electron chi connectivity index (χ3n) is 4.28. The minimum atomic E-state index is -0.372. The molecule has 4 nitrogen and oxygen atoms in total. The van der Waals surface area contributed by atoms with Gasteiger partial charge in [0.2, 0.25) is 0 Å². The molecule has 1 aliphatic heterocycles. The van der Waals surface area contributed by atoms with Crippen LogP contribution in [0, 0.1) is 5.82 Å². The Hall–Kier alpha value is -2.95. The van der Waals surface area contributed by atoms with Gasteiger partial charge in [0.05, 0.1) is 0 Å². The van der Waals surface area contributed by atoms with Crippen molar-refractivity contribution in [3.8, 4) is 5.75 Å². The van der Waals surface area contributed by atoms with Gasteiger partial charge in [0, 0.05) is 24.2 Å². The number of carbonyl (C=O) groups is 2. The predicted octanol–water partition coefficient (Wildman–Crippen LogP) is 3.72. The zero-order valence-corrected chi connectivity index (χ0v) is 14.4. The number of ether oxygens (including phenoxy) is 1. The summed E-state index contributed by atoms with van der Waals surface area (Å²) in [5.41, 5.74) is 0.831. The van der Waals surface area contributed by atoms with Crippen molar-refractivity contribution < 1.29 is 18.7 Å². The second-order valence-corrected chi connectivity index (χ2v) is 6.12. The molecular formula is C21H20FNO3. The zero-order chi connectivity index (χ0) is 18.4. The SMILES string of the molecule is O=C(/C=C/c1ccccc1F)c1ccc(OCC(=O)N2CCCC2)cc1. The summed E-state index contributed by atoms with van der Waals surface area (Å²) < 4.78 is 19.0. The maximum absolute atomic E-state index is 13.5. The van der Waals surface area contributed by atoms with E-state index < -0.39 is 0 Å². The average molecular weight is 353 g/mol. The standard InChI is InChI=1S/C21H20FNO3/c22-19-6-2-1-5-16(19)9-12-20(24)17-7-10-18(11-8-17)26-15-21(25)23-13-3-4-14-23/h1-2,5-12H,3-4,13-15H2/b12-9+. The molecular weight excluding hydrogens is 333 g/mol. The summed E-state index contributed by atoms with van der Waals surface area (Å²) in [4.78, 5) is 25.9. The normalized spacial score (nSPS) is 14.0. The van der Waals surface area contributed by atoms with E-state index in [1.54, 1.807) is 47.4 Å². The molecule has 5 heteroatoms. The van der Waals surface area contributed by atoms with Crippen molar-refractivity contribution >= 4 is 17.8 Å². The van der Waals surface area contributed by atoms with Crippen molar-refractivity contribution in [1.29, 1.82) is 0 Å². The molecule has 1 amide bonds. The molecule has 2 aromatic carbocycles. The molecule has 0 N–H and O–H groups in total. The van der Waals surface area contributed by atoms with Gasteiger partial charge in [0.1, 0.15) is 11.6 Å². The Bertz CT molecular complexity index is 808. The monoisotopic (exact) mass is 353 g/mol. The van der Waals surface area contributed by atoms with E-state index in [0.717, 1.165) is 25.9 Å². The average Bonchev–Trinajstić information content (AvgIpc) is 3.20. The number of hydrogen-bond acceptors (Lipinski definition) is 3.